The molecule has 0 unspecified atom stereocenters. The van der Waals surface area contributed by atoms with Crippen LogP contribution in [0, 0.1) is 11.6 Å². The number of hydrogen-bond donors (Lipinski definition) is 2. The minimum Gasteiger partial charge on any atom is -0.355 e. The second-order valence-corrected chi connectivity index (χ2v) is 4.55. The van der Waals surface area contributed by atoms with Crippen LogP contribution in [0.4, 0.5) is 8.78 Å². The minimum atomic E-state index is -0.723. The Morgan fingerprint density at radius 2 is 1.89 bits per heavy atom. The fraction of sp³-hybridized carbons (Fsp3) is 0.462. The van der Waals surface area contributed by atoms with Gasteiger partial charge in [0.1, 0.15) is 11.6 Å². The van der Waals surface area contributed by atoms with Crippen LogP contribution in [0.5, 0.6) is 0 Å². The van der Waals surface area contributed by atoms with Crippen LogP contribution in [0.1, 0.15) is 15.9 Å². The summed E-state index contributed by atoms with van der Waals surface area (Å²) < 4.78 is 27.8. The van der Waals surface area contributed by atoms with Crippen molar-refractivity contribution in [1.82, 2.24) is 10.2 Å². The molecule has 1 aromatic carbocycles. The SMILES string of the molecule is CNC(=O)c1cc(F)c(C[C@@H](CN)N(C)C)c(F)c1. The maximum atomic E-state index is 13.9. The van der Waals surface area contributed by atoms with Crippen molar-refractivity contribution in [2.75, 3.05) is 27.7 Å². The first-order chi connectivity index (χ1) is 8.90. The standard InChI is InChI=1S/C13H19F2N3O/c1-17-13(19)8-4-11(14)10(12(15)5-8)6-9(7-16)18(2)3/h4-5,9H,6-7,16H2,1-3H3,(H,17,19)/t9-/m0/s1. The first-order valence-electron chi connectivity index (χ1n) is 5.97. The van der Waals surface area contributed by atoms with E-state index in [1.165, 1.54) is 7.05 Å². The number of amides is 1. The number of hydrogen-bond acceptors (Lipinski definition) is 3. The van der Waals surface area contributed by atoms with Crippen molar-refractivity contribution in [1.29, 1.82) is 0 Å². The van der Waals surface area contributed by atoms with Gasteiger partial charge in [-0.2, -0.15) is 0 Å². The lowest BCUT2D eigenvalue weighted by Gasteiger charge is -2.23. The van der Waals surface area contributed by atoms with Gasteiger partial charge in [0.05, 0.1) is 0 Å². The van der Waals surface area contributed by atoms with Gasteiger partial charge in [-0.15, -0.1) is 0 Å². The summed E-state index contributed by atoms with van der Waals surface area (Å²) in [4.78, 5) is 13.2. The Balaban J connectivity index is 3.06. The highest BCUT2D eigenvalue weighted by molar-refractivity contribution is 5.94. The second kappa shape index (κ2) is 6.58. The number of likely N-dealkylation sites (N-methyl/N-ethyl adjacent to an activating group) is 1. The fourth-order valence-corrected chi connectivity index (χ4v) is 1.79. The summed E-state index contributed by atoms with van der Waals surface area (Å²) in [5, 5.41) is 2.32. The second-order valence-electron chi connectivity index (χ2n) is 4.55. The summed E-state index contributed by atoms with van der Waals surface area (Å²) >= 11 is 0. The Labute approximate surface area is 111 Å². The largest absolute Gasteiger partial charge is 0.355 e. The zero-order chi connectivity index (χ0) is 14.6. The predicted octanol–water partition coefficient (Wildman–Crippen LogP) is 0.756. The van der Waals surface area contributed by atoms with Gasteiger partial charge in [0.15, 0.2) is 0 Å². The average molecular weight is 271 g/mol. The first-order valence-corrected chi connectivity index (χ1v) is 5.97. The highest BCUT2D eigenvalue weighted by Gasteiger charge is 2.19. The first kappa shape index (κ1) is 15.5. The maximum Gasteiger partial charge on any atom is 0.251 e. The molecule has 0 heterocycles. The van der Waals surface area contributed by atoms with E-state index in [-0.39, 0.29) is 23.6 Å². The Morgan fingerprint density at radius 1 is 1.37 bits per heavy atom. The van der Waals surface area contributed by atoms with Crippen LogP contribution in [-0.2, 0) is 6.42 Å². The molecule has 0 saturated carbocycles. The van der Waals surface area contributed by atoms with Gasteiger partial charge in [-0.05, 0) is 32.6 Å². The molecule has 0 bridgehead atoms. The maximum absolute atomic E-state index is 13.9. The highest BCUT2D eigenvalue weighted by Crippen LogP contribution is 2.18. The van der Waals surface area contributed by atoms with Crippen LogP contribution in [-0.4, -0.2) is 44.5 Å². The third-order valence-corrected chi connectivity index (χ3v) is 3.07. The molecule has 106 valence electrons. The Morgan fingerprint density at radius 3 is 2.26 bits per heavy atom. The highest BCUT2D eigenvalue weighted by atomic mass is 19.1. The van der Waals surface area contributed by atoms with Gasteiger partial charge in [-0.25, -0.2) is 8.78 Å². The van der Waals surface area contributed by atoms with E-state index in [1.807, 2.05) is 4.90 Å². The third-order valence-electron chi connectivity index (χ3n) is 3.07. The zero-order valence-electron chi connectivity index (χ0n) is 11.3. The van der Waals surface area contributed by atoms with E-state index in [9.17, 15) is 13.6 Å². The molecule has 1 amide bonds. The van der Waals surface area contributed by atoms with Crippen molar-refractivity contribution < 1.29 is 13.6 Å². The summed E-state index contributed by atoms with van der Waals surface area (Å²) in [7, 11) is 5.00. The molecule has 1 atom stereocenters. The smallest absolute Gasteiger partial charge is 0.251 e. The van der Waals surface area contributed by atoms with Gasteiger partial charge >= 0.3 is 0 Å². The fourth-order valence-electron chi connectivity index (χ4n) is 1.79. The van der Waals surface area contributed by atoms with E-state index < -0.39 is 17.5 Å². The average Bonchev–Trinajstić information content (AvgIpc) is 2.36. The van der Waals surface area contributed by atoms with Crippen molar-refractivity contribution in [3.8, 4) is 0 Å². The third kappa shape index (κ3) is 3.71. The lowest BCUT2D eigenvalue weighted by molar-refractivity contribution is 0.0962. The summed E-state index contributed by atoms with van der Waals surface area (Å²) in [6.07, 6.45) is 0.162. The topological polar surface area (TPSA) is 58.4 Å². The number of benzene rings is 1. The van der Waals surface area contributed by atoms with Crippen LogP contribution in [0.15, 0.2) is 12.1 Å². The van der Waals surface area contributed by atoms with Crippen LogP contribution < -0.4 is 11.1 Å². The number of nitrogens with two attached hydrogens (primary N) is 1. The monoisotopic (exact) mass is 271 g/mol. The van der Waals surface area contributed by atoms with Gasteiger partial charge in [0, 0.05) is 30.8 Å². The lowest BCUT2D eigenvalue weighted by Crippen LogP contribution is -2.37. The quantitative estimate of drug-likeness (QED) is 0.831. The number of halogens is 2. The molecule has 1 aromatic rings. The zero-order valence-corrected chi connectivity index (χ0v) is 11.3. The van der Waals surface area contributed by atoms with E-state index in [0.29, 0.717) is 6.54 Å². The van der Waals surface area contributed by atoms with E-state index >= 15 is 0 Å². The molecular formula is C13H19F2N3O. The minimum absolute atomic E-state index is 0.0320. The van der Waals surface area contributed by atoms with Crippen molar-refractivity contribution in [3.63, 3.8) is 0 Å². The van der Waals surface area contributed by atoms with Gasteiger partial charge in [-0.1, -0.05) is 0 Å². The normalized spacial score (nSPS) is 12.6. The van der Waals surface area contributed by atoms with Crippen molar-refractivity contribution >= 4 is 5.91 Å². The van der Waals surface area contributed by atoms with Crippen LogP contribution in [0.25, 0.3) is 0 Å². The summed E-state index contributed by atoms with van der Waals surface area (Å²) in [5.41, 5.74) is 5.49. The summed E-state index contributed by atoms with van der Waals surface area (Å²) in [6.45, 7) is 0.295. The number of rotatable bonds is 5. The molecule has 0 saturated heterocycles. The molecule has 0 aliphatic rings. The van der Waals surface area contributed by atoms with Crippen LogP contribution >= 0.6 is 0 Å². The molecule has 1 rings (SSSR count). The predicted molar refractivity (Wildman–Crippen MR) is 70.0 cm³/mol. The molecule has 0 spiro atoms. The molecule has 0 fully saturated rings. The van der Waals surface area contributed by atoms with Crippen LogP contribution in [0.2, 0.25) is 0 Å². The number of nitrogens with zero attached hydrogens (tertiary/aromatic N) is 1. The molecule has 0 aromatic heterocycles. The van der Waals surface area contributed by atoms with E-state index in [2.05, 4.69) is 5.32 Å². The molecule has 3 N–H and O–H groups in total. The molecule has 6 heteroatoms. The van der Waals surface area contributed by atoms with Crippen molar-refractivity contribution in [2.45, 2.75) is 12.5 Å². The Kier molecular flexibility index (Phi) is 5.38. The number of carbonyl (C=O) groups excluding carboxylic acids is 1. The summed E-state index contributed by atoms with van der Waals surface area (Å²) in [6, 6.07) is 1.93. The molecule has 19 heavy (non-hydrogen) atoms. The van der Waals surface area contributed by atoms with Gasteiger partial charge in [0.25, 0.3) is 5.91 Å². The van der Waals surface area contributed by atoms with Gasteiger partial charge in [-0.3, -0.25) is 4.79 Å². The molecule has 0 aliphatic heterocycles. The van der Waals surface area contributed by atoms with Crippen LogP contribution in [0.3, 0.4) is 0 Å². The molecule has 4 nitrogen and oxygen atoms in total. The number of nitrogens with one attached hydrogen (secondary N) is 1. The summed E-state index contributed by atoms with van der Waals surface area (Å²) in [5.74, 6) is -1.97. The van der Waals surface area contributed by atoms with E-state index in [1.54, 1.807) is 14.1 Å². The van der Waals surface area contributed by atoms with Crippen molar-refractivity contribution in [2.24, 2.45) is 5.73 Å². The van der Waals surface area contributed by atoms with E-state index in [0.717, 1.165) is 12.1 Å². The molecule has 0 aliphatic carbocycles. The number of carbonyl (C=O) groups is 1. The molecular weight excluding hydrogens is 252 g/mol. The lowest BCUT2D eigenvalue weighted by atomic mass is 10.0. The molecule has 0 radical (unpaired) electrons. The van der Waals surface area contributed by atoms with Gasteiger partial charge < -0.3 is 16.0 Å². The van der Waals surface area contributed by atoms with E-state index in [4.69, 9.17) is 5.73 Å². The van der Waals surface area contributed by atoms with Gasteiger partial charge in [0.2, 0.25) is 0 Å². The Bertz CT molecular complexity index is 440. The Hall–Kier alpha value is -1.53. The van der Waals surface area contributed by atoms with Crippen molar-refractivity contribution in [3.05, 3.63) is 34.9 Å².